The fraction of sp³-hybridized carbons (Fsp3) is 0.385. The Morgan fingerprint density at radius 1 is 1.25 bits per heavy atom. The van der Waals surface area contributed by atoms with Crippen LogP contribution < -0.4 is 0 Å². The lowest BCUT2D eigenvalue weighted by atomic mass is 10.4. The van der Waals surface area contributed by atoms with Crippen molar-refractivity contribution in [3.63, 3.8) is 0 Å². The lowest BCUT2D eigenvalue weighted by Gasteiger charge is -2.05. The first-order valence-corrected chi connectivity index (χ1v) is 6.94. The molecular weight excluding hydrogens is 272 g/mol. The summed E-state index contributed by atoms with van der Waals surface area (Å²) in [6, 6.07) is 0. The molecule has 0 atom stereocenters. The molecule has 0 saturated carbocycles. The van der Waals surface area contributed by atoms with Crippen molar-refractivity contribution in [1.29, 1.82) is 0 Å². The van der Waals surface area contributed by atoms with E-state index in [9.17, 15) is 0 Å². The topological polar surface area (TPSA) is 64.3 Å². The molecule has 104 valence electrons. The molecule has 0 bridgehead atoms. The van der Waals surface area contributed by atoms with Gasteiger partial charge in [-0.3, -0.25) is 14.5 Å². The molecule has 3 heterocycles. The van der Waals surface area contributed by atoms with Gasteiger partial charge in [-0.05, 0) is 33.0 Å². The monoisotopic (exact) mass is 288 g/mol. The number of rotatable bonds is 3. The molecule has 3 rings (SSSR count). The minimum Gasteiger partial charge on any atom is -0.328 e. The summed E-state index contributed by atoms with van der Waals surface area (Å²) in [6.07, 6.45) is 3.56. The van der Waals surface area contributed by atoms with Crippen LogP contribution in [0.5, 0.6) is 0 Å². The zero-order valence-electron chi connectivity index (χ0n) is 11.7. The second-order valence-electron chi connectivity index (χ2n) is 4.77. The van der Waals surface area contributed by atoms with Gasteiger partial charge in [-0.2, -0.15) is 5.10 Å². The Kier molecular flexibility index (Phi) is 3.13. The quantitative estimate of drug-likeness (QED) is 0.752. The molecule has 0 aliphatic heterocycles. The number of fused-ring (bicyclic) bond motifs is 1. The molecule has 1 N–H and O–H groups in total. The lowest BCUT2D eigenvalue weighted by molar-refractivity contribution is 0.640. The molecule has 0 radical (unpaired) electrons. The van der Waals surface area contributed by atoms with E-state index in [2.05, 4.69) is 27.0 Å². The molecule has 3 aromatic rings. The van der Waals surface area contributed by atoms with Crippen LogP contribution in [-0.2, 0) is 13.1 Å². The highest BCUT2D eigenvalue weighted by Crippen LogP contribution is 2.18. The third-order valence-corrected chi connectivity index (χ3v) is 3.61. The van der Waals surface area contributed by atoms with Crippen LogP contribution in [0, 0.1) is 18.6 Å². The largest absolute Gasteiger partial charge is 0.328 e. The van der Waals surface area contributed by atoms with Crippen molar-refractivity contribution in [3.05, 3.63) is 34.2 Å². The number of hydrogen-bond donors (Lipinski definition) is 1. The number of imidazole rings is 1. The summed E-state index contributed by atoms with van der Waals surface area (Å²) >= 11 is 5.42. The minimum atomic E-state index is 0.594. The SMILES string of the molecule is CCn1nc(C)c2[nH]c(=S)n(Cc3cnc(C)cn3)c21. The van der Waals surface area contributed by atoms with Crippen molar-refractivity contribution < 1.29 is 0 Å². The van der Waals surface area contributed by atoms with E-state index in [-0.39, 0.29) is 0 Å². The van der Waals surface area contributed by atoms with Crippen LogP contribution in [0.2, 0.25) is 0 Å². The van der Waals surface area contributed by atoms with Crippen molar-refractivity contribution in [2.45, 2.75) is 33.9 Å². The summed E-state index contributed by atoms with van der Waals surface area (Å²) in [5, 5.41) is 4.51. The molecule has 6 nitrogen and oxygen atoms in total. The molecule has 3 aromatic heterocycles. The number of hydrogen-bond acceptors (Lipinski definition) is 4. The molecule has 0 amide bonds. The standard InChI is InChI=1S/C13H16N6S/c1-4-19-12-11(9(3)17-19)16-13(20)18(12)7-10-6-14-8(2)5-15-10/h5-6H,4,7H2,1-3H3,(H,16,20). The molecule has 0 saturated heterocycles. The zero-order chi connectivity index (χ0) is 14.3. The maximum Gasteiger partial charge on any atom is 0.179 e. The van der Waals surface area contributed by atoms with Gasteiger partial charge in [0.1, 0.15) is 5.52 Å². The molecule has 0 aromatic carbocycles. The van der Waals surface area contributed by atoms with Crippen molar-refractivity contribution in [2.24, 2.45) is 0 Å². The van der Waals surface area contributed by atoms with Crippen LogP contribution in [0.1, 0.15) is 24.0 Å². The van der Waals surface area contributed by atoms with Crippen molar-refractivity contribution >= 4 is 23.4 Å². The van der Waals surface area contributed by atoms with E-state index >= 15 is 0 Å². The third kappa shape index (κ3) is 2.03. The van der Waals surface area contributed by atoms with Gasteiger partial charge in [-0.15, -0.1) is 0 Å². The van der Waals surface area contributed by atoms with Gasteiger partial charge in [0.05, 0.1) is 29.8 Å². The van der Waals surface area contributed by atoms with Gasteiger partial charge >= 0.3 is 0 Å². The molecule has 0 aliphatic carbocycles. The van der Waals surface area contributed by atoms with Gasteiger partial charge in [0.25, 0.3) is 0 Å². The lowest BCUT2D eigenvalue weighted by Crippen LogP contribution is -2.07. The van der Waals surface area contributed by atoms with Crippen molar-refractivity contribution in [3.8, 4) is 0 Å². The Morgan fingerprint density at radius 2 is 2.05 bits per heavy atom. The van der Waals surface area contributed by atoms with Crippen LogP contribution in [-0.4, -0.2) is 29.3 Å². The number of aromatic nitrogens is 6. The Labute approximate surface area is 121 Å². The van der Waals surface area contributed by atoms with Crippen LogP contribution in [0.3, 0.4) is 0 Å². The number of H-pyrrole nitrogens is 1. The second-order valence-corrected chi connectivity index (χ2v) is 5.15. The van der Waals surface area contributed by atoms with E-state index in [0.717, 1.165) is 34.8 Å². The Bertz CT molecular complexity index is 808. The van der Waals surface area contributed by atoms with E-state index in [0.29, 0.717) is 11.3 Å². The number of aromatic amines is 1. The second kappa shape index (κ2) is 4.82. The number of nitrogens with zero attached hydrogens (tertiary/aromatic N) is 5. The normalized spacial score (nSPS) is 11.3. The summed E-state index contributed by atoms with van der Waals surface area (Å²) < 4.78 is 4.66. The van der Waals surface area contributed by atoms with Crippen molar-refractivity contribution in [2.75, 3.05) is 0 Å². The first kappa shape index (κ1) is 13.0. The van der Waals surface area contributed by atoms with Gasteiger partial charge < -0.3 is 4.98 Å². The van der Waals surface area contributed by atoms with E-state index in [1.54, 1.807) is 12.4 Å². The maximum absolute atomic E-state index is 5.42. The highest BCUT2D eigenvalue weighted by atomic mass is 32.1. The van der Waals surface area contributed by atoms with E-state index in [1.165, 1.54) is 0 Å². The average molecular weight is 288 g/mol. The van der Waals surface area contributed by atoms with Crippen LogP contribution in [0.15, 0.2) is 12.4 Å². The summed E-state index contributed by atoms with van der Waals surface area (Å²) in [5.74, 6) is 0. The first-order chi connectivity index (χ1) is 9.60. The summed E-state index contributed by atoms with van der Waals surface area (Å²) in [6.45, 7) is 7.37. The molecule has 0 spiro atoms. The van der Waals surface area contributed by atoms with Gasteiger partial charge in [0.2, 0.25) is 0 Å². The Morgan fingerprint density at radius 3 is 2.70 bits per heavy atom. The fourth-order valence-corrected chi connectivity index (χ4v) is 2.54. The highest BCUT2D eigenvalue weighted by molar-refractivity contribution is 7.71. The first-order valence-electron chi connectivity index (χ1n) is 6.53. The molecule has 0 fully saturated rings. The number of nitrogens with one attached hydrogen (secondary N) is 1. The molecular formula is C13H16N6S. The van der Waals surface area contributed by atoms with E-state index < -0.39 is 0 Å². The van der Waals surface area contributed by atoms with Crippen LogP contribution in [0.4, 0.5) is 0 Å². The highest BCUT2D eigenvalue weighted by Gasteiger charge is 2.14. The Balaban J connectivity index is 2.13. The summed E-state index contributed by atoms with van der Waals surface area (Å²) in [7, 11) is 0. The molecule has 0 aliphatic rings. The fourth-order valence-electron chi connectivity index (χ4n) is 2.29. The summed E-state index contributed by atoms with van der Waals surface area (Å²) in [5.41, 5.74) is 4.76. The van der Waals surface area contributed by atoms with Gasteiger partial charge in [-0.1, -0.05) is 0 Å². The van der Waals surface area contributed by atoms with Crippen LogP contribution in [0.25, 0.3) is 11.2 Å². The summed E-state index contributed by atoms with van der Waals surface area (Å²) in [4.78, 5) is 11.9. The minimum absolute atomic E-state index is 0.594. The van der Waals surface area contributed by atoms with Gasteiger partial charge in [0, 0.05) is 12.7 Å². The Hall–Kier alpha value is -2.02. The third-order valence-electron chi connectivity index (χ3n) is 3.29. The average Bonchev–Trinajstić information content (AvgIpc) is 2.91. The zero-order valence-corrected chi connectivity index (χ0v) is 12.5. The number of aryl methyl sites for hydroxylation is 3. The van der Waals surface area contributed by atoms with Gasteiger partial charge in [-0.25, -0.2) is 4.68 Å². The van der Waals surface area contributed by atoms with E-state index in [4.69, 9.17) is 12.2 Å². The molecule has 7 heteroatoms. The van der Waals surface area contributed by atoms with Crippen molar-refractivity contribution in [1.82, 2.24) is 29.3 Å². The van der Waals surface area contributed by atoms with Crippen LogP contribution >= 0.6 is 12.2 Å². The molecule has 20 heavy (non-hydrogen) atoms. The smallest absolute Gasteiger partial charge is 0.179 e. The van der Waals surface area contributed by atoms with E-state index in [1.807, 2.05) is 23.1 Å². The predicted molar refractivity (Wildman–Crippen MR) is 79.2 cm³/mol. The molecule has 0 unspecified atom stereocenters. The predicted octanol–water partition coefficient (Wildman–Crippen LogP) is 2.37. The maximum atomic E-state index is 5.42. The van der Waals surface area contributed by atoms with Gasteiger partial charge in [0.15, 0.2) is 10.4 Å².